The van der Waals surface area contributed by atoms with Crippen molar-refractivity contribution in [3.8, 4) is 0 Å². The van der Waals surface area contributed by atoms with E-state index >= 15 is 0 Å². The van der Waals surface area contributed by atoms with Crippen molar-refractivity contribution >= 4 is 11.9 Å². The van der Waals surface area contributed by atoms with Crippen molar-refractivity contribution in [3.05, 3.63) is 71.8 Å². The average molecular weight is 431 g/mol. The Balaban J connectivity index is 1.60. The lowest BCUT2D eigenvalue weighted by Crippen LogP contribution is -2.49. The van der Waals surface area contributed by atoms with E-state index in [0.717, 1.165) is 10.5 Å². The number of carbonyl (C=O) groups is 2. The van der Waals surface area contributed by atoms with Crippen LogP contribution in [0.1, 0.15) is 24.0 Å². The highest BCUT2D eigenvalue weighted by molar-refractivity contribution is 6.07. The average Bonchev–Trinajstić information content (AvgIpc) is 3.00. The van der Waals surface area contributed by atoms with Gasteiger partial charge in [0.05, 0.1) is 12.6 Å². The van der Waals surface area contributed by atoms with Crippen LogP contribution in [-0.2, 0) is 16.8 Å². The van der Waals surface area contributed by atoms with Gasteiger partial charge in [0, 0.05) is 13.0 Å². The highest BCUT2D eigenvalue weighted by Crippen LogP contribution is 2.35. The number of piperidine rings is 1. The molecule has 5 nitrogen and oxygen atoms in total. The molecule has 0 bridgehead atoms. The molecule has 0 unspecified atom stereocenters. The van der Waals surface area contributed by atoms with Gasteiger partial charge in [0.25, 0.3) is 5.91 Å². The molecule has 2 aliphatic heterocycles. The summed E-state index contributed by atoms with van der Waals surface area (Å²) >= 11 is 0. The highest BCUT2D eigenvalue weighted by Gasteiger charge is 2.53. The van der Waals surface area contributed by atoms with E-state index in [4.69, 9.17) is 0 Å². The molecule has 2 heterocycles. The van der Waals surface area contributed by atoms with Crippen LogP contribution >= 0.6 is 0 Å². The van der Waals surface area contributed by atoms with E-state index in [-0.39, 0.29) is 26.1 Å². The van der Waals surface area contributed by atoms with Crippen molar-refractivity contribution in [3.63, 3.8) is 0 Å². The fourth-order valence-corrected chi connectivity index (χ4v) is 4.45. The molecule has 2 fully saturated rings. The van der Waals surface area contributed by atoms with Crippen LogP contribution in [0.3, 0.4) is 0 Å². The van der Waals surface area contributed by atoms with E-state index < -0.39 is 29.6 Å². The zero-order chi connectivity index (χ0) is 22.1. The molecular formula is C23H24F3N3O2. The summed E-state index contributed by atoms with van der Waals surface area (Å²) in [7, 11) is 0. The standard InChI is InChI=1S/C23H24F3N3O2/c24-23(25,26)19-12-7-13-28(15-19)16-29-20(30)22(27-21(29)31,18-10-5-2-6-11-18)14-17-8-3-1-4-9-17/h1-6,8-11,19H,7,12-16H2,(H,27,31)/t19-,22-/m1/s1. The first-order chi connectivity index (χ1) is 14.8. The van der Waals surface area contributed by atoms with Crippen LogP contribution in [0, 0.1) is 5.92 Å². The predicted octanol–water partition coefficient (Wildman–Crippen LogP) is 3.91. The van der Waals surface area contributed by atoms with Crippen LogP contribution in [0.4, 0.5) is 18.0 Å². The maximum absolute atomic E-state index is 13.6. The van der Waals surface area contributed by atoms with E-state index in [2.05, 4.69) is 5.32 Å². The Kier molecular flexibility index (Phi) is 5.75. The lowest BCUT2D eigenvalue weighted by atomic mass is 9.83. The molecule has 2 aromatic rings. The van der Waals surface area contributed by atoms with Crippen molar-refractivity contribution in [1.82, 2.24) is 15.1 Å². The zero-order valence-electron chi connectivity index (χ0n) is 16.9. The van der Waals surface area contributed by atoms with E-state index in [9.17, 15) is 22.8 Å². The van der Waals surface area contributed by atoms with Crippen LogP contribution in [-0.4, -0.2) is 47.7 Å². The molecule has 2 aromatic carbocycles. The molecule has 4 rings (SSSR count). The number of likely N-dealkylation sites (tertiary alicyclic amines) is 1. The molecule has 31 heavy (non-hydrogen) atoms. The normalized spacial score (nSPS) is 25.0. The second kappa shape index (κ2) is 8.34. The zero-order valence-corrected chi connectivity index (χ0v) is 16.9. The molecule has 2 atom stereocenters. The monoisotopic (exact) mass is 431 g/mol. The number of urea groups is 1. The molecule has 0 aliphatic carbocycles. The number of hydrogen-bond donors (Lipinski definition) is 1. The summed E-state index contributed by atoms with van der Waals surface area (Å²) in [6.45, 7) is 0.0544. The molecule has 2 saturated heterocycles. The summed E-state index contributed by atoms with van der Waals surface area (Å²) in [5.41, 5.74) is 0.224. The third kappa shape index (κ3) is 4.30. The second-order valence-electron chi connectivity index (χ2n) is 8.20. The number of nitrogens with one attached hydrogen (secondary N) is 1. The van der Waals surface area contributed by atoms with Gasteiger partial charge in [0.15, 0.2) is 5.54 Å². The molecule has 8 heteroatoms. The molecular weight excluding hydrogens is 407 g/mol. The maximum atomic E-state index is 13.6. The van der Waals surface area contributed by atoms with Gasteiger partial charge in [0.1, 0.15) is 0 Å². The minimum atomic E-state index is -4.28. The third-order valence-corrected chi connectivity index (χ3v) is 6.06. The Hall–Kier alpha value is -2.87. The van der Waals surface area contributed by atoms with Crippen LogP contribution in [0.2, 0.25) is 0 Å². The fourth-order valence-electron chi connectivity index (χ4n) is 4.45. The predicted molar refractivity (Wildman–Crippen MR) is 109 cm³/mol. The Morgan fingerprint density at radius 1 is 1.00 bits per heavy atom. The summed E-state index contributed by atoms with van der Waals surface area (Å²) in [4.78, 5) is 29.0. The SMILES string of the molecule is O=C1N[C@](Cc2ccccc2)(c2ccccc2)C(=O)N1CN1CCC[C@@H](C(F)(F)F)C1. The van der Waals surface area contributed by atoms with Gasteiger partial charge in [-0.05, 0) is 30.5 Å². The summed E-state index contributed by atoms with van der Waals surface area (Å²) in [5, 5.41) is 2.85. The van der Waals surface area contributed by atoms with Gasteiger partial charge < -0.3 is 5.32 Å². The van der Waals surface area contributed by atoms with Crippen LogP contribution in [0.5, 0.6) is 0 Å². The van der Waals surface area contributed by atoms with Crippen LogP contribution in [0.15, 0.2) is 60.7 Å². The minimum Gasteiger partial charge on any atom is -0.319 e. The summed E-state index contributed by atoms with van der Waals surface area (Å²) in [6, 6.07) is 17.7. The van der Waals surface area contributed by atoms with Gasteiger partial charge >= 0.3 is 12.2 Å². The number of hydrogen-bond acceptors (Lipinski definition) is 3. The van der Waals surface area contributed by atoms with E-state index in [0.29, 0.717) is 18.5 Å². The summed E-state index contributed by atoms with van der Waals surface area (Å²) in [5.74, 6) is -1.88. The van der Waals surface area contributed by atoms with Crippen molar-refractivity contribution < 1.29 is 22.8 Å². The molecule has 3 amide bonds. The van der Waals surface area contributed by atoms with Crippen molar-refractivity contribution in [2.45, 2.75) is 31.0 Å². The van der Waals surface area contributed by atoms with E-state index in [1.165, 1.54) is 0 Å². The number of halogens is 3. The molecule has 0 radical (unpaired) electrons. The van der Waals surface area contributed by atoms with Gasteiger partial charge in [-0.1, -0.05) is 60.7 Å². The van der Waals surface area contributed by atoms with Gasteiger partial charge in [-0.3, -0.25) is 9.69 Å². The van der Waals surface area contributed by atoms with Gasteiger partial charge in [-0.25, -0.2) is 9.69 Å². The lowest BCUT2D eigenvalue weighted by molar-refractivity contribution is -0.187. The summed E-state index contributed by atoms with van der Waals surface area (Å²) in [6.07, 6.45) is -3.58. The van der Waals surface area contributed by atoms with Crippen molar-refractivity contribution in [2.24, 2.45) is 5.92 Å². The third-order valence-electron chi connectivity index (χ3n) is 6.06. The smallest absolute Gasteiger partial charge is 0.319 e. The number of rotatable bonds is 5. The second-order valence-corrected chi connectivity index (χ2v) is 8.20. The number of alkyl halides is 3. The van der Waals surface area contributed by atoms with Crippen molar-refractivity contribution in [2.75, 3.05) is 19.8 Å². The molecule has 0 saturated carbocycles. The van der Waals surface area contributed by atoms with Gasteiger partial charge in [-0.2, -0.15) is 13.2 Å². The number of benzene rings is 2. The first kappa shape index (κ1) is 21.4. The Morgan fingerprint density at radius 2 is 1.65 bits per heavy atom. The molecule has 1 N–H and O–H groups in total. The molecule has 2 aliphatic rings. The molecule has 0 spiro atoms. The molecule has 0 aromatic heterocycles. The number of amides is 3. The number of nitrogens with zero attached hydrogens (tertiary/aromatic N) is 2. The minimum absolute atomic E-state index is 0.0715. The fraction of sp³-hybridized carbons (Fsp3) is 0.391. The maximum Gasteiger partial charge on any atom is 0.393 e. The van der Waals surface area contributed by atoms with E-state index in [1.807, 2.05) is 36.4 Å². The Labute approximate surface area is 178 Å². The molecule has 164 valence electrons. The number of carbonyl (C=O) groups excluding carboxylic acids is 2. The topological polar surface area (TPSA) is 52.7 Å². The van der Waals surface area contributed by atoms with Gasteiger partial charge in [-0.15, -0.1) is 0 Å². The van der Waals surface area contributed by atoms with Gasteiger partial charge in [0.2, 0.25) is 0 Å². The largest absolute Gasteiger partial charge is 0.393 e. The quantitative estimate of drug-likeness (QED) is 0.731. The summed E-state index contributed by atoms with van der Waals surface area (Å²) < 4.78 is 39.5. The van der Waals surface area contributed by atoms with Crippen LogP contribution < -0.4 is 5.32 Å². The lowest BCUT2D eigenvalue weighted by Gasteiger charge is -2.35. The number of imide groups is 1. The van der Waals surface area contributed by atoms with Crippen molar-refractivity contribution in [1.29, 1.82) is 0 Å². The first-order valence-electron chi connectivity index (χ1n) is 10.3. The first-order valence-corrected chi connectivity index (χ1v) is 10.3. The Morgan fingerprint density at radius 3 is 2.29 bits per heavy atom. The van der Waals surface area contributed by atoms with Crippen LogP contribution in [0.25, 0.3) is 0 Å². The highest BCUT2D eigenvalue weighted by atomic mass is 19.4. The van der Waals surface area contributed by atoms with E-state index in [1.54, 1.807) is 29.2 Å². The Bertz CT molecular complexity index is 936.